The van der Waals surface area contributed by atoms with Gasteiger partial charge >= 0.3 is 5.97 Å². The third kappa shape index (κ3) is 4.60. The summed E-state index contributed by atoms with van der Waals surface area (Å²) in [6.45, 7) is 1.49. The first kappa shape index (κ1) is 20.5. The molecule has 0 spiro atoms. The van der Waals surface area contributed by atoms with Crippen molar-refractivity contribution in [3.63, 3.8) is 0 Å². The van der Waals surface area contributed by atoms with E-state index in [1.807, 2.05) is 0 Å². The quantitative estimate of drug-likeness (QED) is 0.309. The third-order valence-electron chi connectivity index (χ3n) is 4.60. The molecule has 2 aromatic carbocycles. The highest BCUT2D eigenvalue weighted by molar-refractivity contribution is 6.30. The summed E-state index contributed by atoms with van der Waals surface area (Å²) in [5.41, 5.74) is 0.545. The molecular weight excluding hydrogens is 400 g/mol. The number of hydrogen-bond donors (Lipinski definition) is 0. The molecule has 0 bridgehead atoms. The van der Waals surface area contributed by atoms with E-state index in [1.165, 1.54) is 42.2 Å². The third-order valence-corrected chi connectivity index (χ3v) is 4.85. The topological polar surface area (TPSA) is 107 Å². The van der Waals surface area contributed by atoms with Gasteiger partial charge in [-0.1, -0.05) is 17.7 Å². The van der Waals surface area contributed by atoms with Crippen molar-refractivity contribution in [3.05, 3.63) is 69.2 Å². The molecule has 0 radical (unpaired) electrons. The summed E-state index contributed by atoms with van der Waals surface area (Å²) >= 11 is 5.80. The molecule has 9 heteroatoms. The number of nitro benzene ring substituents is 1. The minimum Gasteiger partial charge on any atom is -0.454 e. The zero-order valence-corrected chi connectivity index (χ0v) is 16.2. The van der Waals surface area contributed by atoms with Gasteiger partial charge in [-0.25, -0.2) is 0 Å². The van der Waals surface area contributed by atoms with Crippen molar-refractivity contribution in [3.8, 4) is 0 Å². The van der Waals surface area contributed by atoms with E-state index in [2.05, 4.69) is 0 Å². The Morgan fingerprint density at radius 1 is 1.24 bits per heavy atom. The van der Waals surface area contributed by atoms with Crippen LogP contribution in [0, 0.1) is 16.0 Å². The number of carbonyl (C=O) groups is 3. The van der Waals surface area contributed by atoms with Crippen LogP contribution in [0.2, 0.25) is 5.02 Å². The molecule has 0 N–H and O–H groups in total. The highest BCUT2D eigenvalue weighted by atomic mass is 35.5. The zero-order chi connectivity index (χ0) is 21.1. The fourth-order valence-corrected chi connectivity index (χ4v) is 3.19. The minimum absolute atomic E-state index is 0.0285. The van der Waals surface area contributed by atoms with E-state index >= 15 is 0 Å². The van der Waals surface area contributed by atoms with Gasteiger partial charge in [0.15, 0.2) is 6.10 Å². The smallest absolute Gasteiger partial charge is 0.312 e. The van der Waals surface area contributed by atoms with Crippen LogP contribution in [0.5, 0.6) is 0 Å². The lowest BCUT2D eigenvalue weighted by atomic mass is 10.1. The number of ketones is 1. The van der Waals surface area contributed by atoms with Crippen LogP contribution in [0.15, 0.2) is 48.5 Å². The van der Waals surface area contributed by atoms with Gasteiger partial charge in [0.2, 0.25) is 11.7 Å². The average Bonchev–Trinajstić information content (AvgIpc) is 3.10. The number of ether oxygens (including phenoxy) is 1. The van der Waals surface area contributed by atoms with Crippen LogP contribution in [0.1, 0.15) is 23.7 Å². The van der Waals surface area contributed by atoms with Crippen LogP contribution in [0.3, 0.4) is 0 Å². The molecule has 1 heterocycles. The summed E-state index contributed by atoms with van der Waals surface area (Å²) in [7, 11) is 0. The highest BCUT2D eigenvalue weighted by Gasteiger charge is 2.37. The van der Waals surface area contributed by atoms with Gasteiger partial charge in [0, 0.05) is 35.7 Å². The van der Waals surface area contributed by atoms with Crippen LogP contribution in [0.25, 0.3) is 0 Å². The van der Waals surface area contributed by atoms with Crippen molar-refractivity contribution < 1.29 is 24.0 Å². The van der Waals surface area contributed by atoms with E-state index < -0.39 is 22.9 Å². The fourth-order valence-electron chi connectivity index (χ4n) is 3.06. The number of amides is 1. The molecule has 150 valence electrons. The second kappa shape index (κ2) is 8.40. The van der Waals surface area contributed by atoms with Gasteiger partial charge in [0.25, 0.3) is 5.69 Å². The number of hydrogen-bond acceptors (Lipinski definition) is 6. The zero-order valence-electron chi connectivity index (χ0n) is 15.4. The number of esters is 1. The number of carbonyl (C=O) groups excluding carboxylic acids is 3. The summed E-state index contributed by atoms with van der Waals surface area (Å²) in [4.78, 5) is 48.9. The maximum Gasteiger partial charge on any atom is 0.312 e. The lowest BCUT2D eigenvalue weighted by molar-refractivity contribution is -0.384. The highest BCUT2D eigenvalue weighted by Crippen LogP contribution is 2.28. The molecule has 0 aromatic heterocycles. The predicted molar refractivity (Wildman–Crippen MR) is 105 cm³/mol. The maximum absolute atomic E-state index is 12.5. The average molecular weight is 417 g/mol. The summed E-state index contributed by atoms with van der Waals surface area (Å²) in [5, 5.41) is 11.4. The Bertz CT molecular complexity index is 975. The number of nitrogens with zero attached hydrogens (tertiary/aromatic N) is 2. The fraction of sp³-hybridized carbons (Fsp3) is 0.250. The van der Waals surface area contributed by atoms with Crippen molar-refractivity contribution in [2.24, 2.45) is 5.92 Å². The molecule has 1 fully saturated rings. The molecule has 3 rings (SSSR count). The molecule has 1 aliphatic heterocycles. The second-order valence-corrected chi connectivity index (χ2v) is 7.07. The molecule has 1 aliphatic rings. The maximum atomic E-state index is 12.5. The van der Waals surface area contributed by atoms with Gasteiger partial charge in [0.05, 0.1) is 16.5 Å². The predicted octanol–water partition coefficient (Wildman–Crippen LogP) is 3.42. The number of halogens is 1. The number of rotatable bonds is 6. The molecule has 0 aliphatic carbocycles. The molecule has 2 atom stereocenters. The Labute approximate surface area is 171 Å². The molecule has 29 heavy (non-hydrogen) atoms. The van der Waals surface area contributed by atoms with Gasteiger partial charge in [-0.3, -0.25) is 24.5 Å². The first-order valence-corrected chi connectivity index (χ1v) is 9.19. The van der Waals surface area contributed by atoms with E-state index in [0.717, 1.165) is 0 Å². The molecule has 1 amide bonds. The Morgan fingerprint density at radius 3 is 2.59 bits per heavy atom. The minimum atomic E-state index is -1.02. The van der Waals surface area contributed by atoms with Gasteiger partial charge in [-0.15, -0.1) is 0 Å². The largest absolute Gasteiger partial charge is 0.454 e. The van der Waals surface area contributed by atoms with Crippen molar-refractivity contribution in [2.45, 2.75) is 19.4 Å². The van der Waals surface area contributed by atoms with Gasteiger partial charge in [-0.05, 0) is 37.3 Å². The number of non-ortho nitro benzene ring substituents is 1. The molecule has 0 saturated carbocycles. The van der Waals surface area contributed by atoms with Crippen molar-refractivity contribution >= 4 is 40.6 Å². The standard InChI is InChI=1S/C20H17ClN2O6/c1-12(19(25)13-5-7-15(21)8-6-13)29-20(26)14-9-18(24)22(11-14)16-3-2-4-17(10-16)23(27)28/h2-8,10,12,14H,9,11H2,1H3/t12-,14-/m1/s1. The second-order valence-electron chi connectivity index (χ2n) is 6.63. The molecule has 8 nitrogen and oxygen atoms in total. The van der Waals surface area contributed by atoms with Crippen molar-refractivity contribution in [2.75, 3.05) is 11.4 Å². The van der Waals surface area contributed by atoms with Gasteiger partial charge in [0.1, 0.15) is 0 Å². The van der Waals surface area contributed by atoms with Gasteiger partial charge < -0.3 is 9.64 Å². The summed E-state index contributed by atoms with van der Waals surface area (Å²) in [6.07, 6.45) is -1.12. The van der Waals surface area contributed by atoms with Gasteiger partial charge in [-0.2, -0.15) is 0 Å². The van der Waals surface area contributed by atoms with Crippen LogP contribution in [0.4, 0.5) is 11.4 Å². The molecule has 2 aromatic rings. The van der Waals surface area contributed by atoms with E-state index in [0.29, 0.717) is 16.3 Å². The van der Waals surface area contributed by atoms with Crippen LogP contribution >= 0.6 is 11.6 Å². The molecule has 0 unspecified atom stereocenters. The normalized spacial score (nSPS) is 17.1. The first-order chi connectivity index (χ1) is 13.8. The number of benzene rings is 2. The first-order valence-electron chi connectivity index (χ1n) is 8.81. The SMILES string of the molecule is C[C@@H](OC(=O)[C@@H]1CC(=O)N(c2cccc([N+](=O)[O-])c2)C1)C(=O)c1ccc(Cl)cc1. The molecular formula is C20H17ClN2O6. The Morgan fingerprint density at radius 2 is 1.93 bits per heavy atom. The van der Waals surface area contributed by atoms with Crippen LogP contribution < -0.4 is 4.90 Å². The van der Waals surface area contributed by atoms with Crippen molar-refractivity contribution in [1.82, 2.24) is 0 Å². The van der Waals surface area contributed by atoms with E-state index in [-0.39, 0.29) is 30.3 Å². The Balaban J connectivity index is 1.65. The number of nitro groups is 1. The Hall–Kier alpha value is -3.26. The lowest BCUT2D eigenvalue weighted by Crippen LogP contribution is -2.30. The summed E-state index contributed by atoms with van der Waals surface area (Å²) in [5.74, 6) is -2.15. The molecule has 1 saturated heterocycles. The monoisotopic (exact) mass is 416 g/mol. The van der Waals surface area contributed by atoms with E-state index in [9.17, 15) is 24.5 Å². The van der Waals surface area contributed by atoms with E-state index in [1.54, 1.807) is 18.2 Å². The van der Waals surface area contributed by atoms with Crippen LogP contribution in [-0.2, 0) is 14.3 Å². The van der Waals surface area contributed by atoms with E-state index in [4.69, 9.17) is 16.3 Å². The summed E-state index contributed by atoms with van der Waals surface area (Å²) in [6, 6.07) is 11.8. The number of Topliss-reactive ketones (excluding diaryl/α,β-unsaturated/α-hetero) is 1. The van der Waals surface area contributed by atoms with Crippen LogP contribution in [-0.4, -0.2) is 35.2 Å². The lowest BCUT2D eigenvalue weighted by Gasteiger charge is -2.17. The summed E-state index contributed by atoms with van der Waals surface area (Å²) < 4.78 is 5.27. The number of anilines is 1. The Kier molecular flexibility index (Phi) is 5.93. The van der Waals surface area contributed by atoms with Crippen molar-refractivity contribution in [1.29, 1.82) is 0 Å².